The van der Waals surface area contributed by atoms with Gasteiger partial charge in [0.25, 0.3) is 5.16 Å². The maximum atomic E-state index is 11.9. The molecule has 0 bridgehead atoms. The van der Waals surface area contributed by atoms with Crippen molar-refractivity contribution in [3.63, 3.8) is 0 Å². The average Bonchev–Trinajstić information content (AvgIpc) is 3.29. The van der Waals surface area contributed by atoms with Gasteiger partial charge in [0.15, 0.2) is 0 Å². The summed E-state index contributed by atoms with van der Waals surface area (Å²) < 4.78 is 34.7. The highest BCUT2D eigenvalue weighted by Gasteiger charge is 2.21. The molecule has 0 aliphatic heterocycles. The van der Waals surface area contributed by atoms with Crippen molar-refractivity contribution in [3.8, 4) is 11.1 Å². The molecule has 3 heterocycles. The third-order valence-corrected chi connectivity index (χ3v) is 4.69. The van der Waals surface area contributed by atoms with E-state index in [1.165, 1.54) is 0 Å². The summed E-state index contributed by atoms with van der Waals surface area (Å²) in [7, 11) is -3.59. The van der Waals surface area contributed by atoms with Gasteiger partial charge >= 0.3 is 0 Å². The molecule has 0 amide bonds. The summed E-state index contributed by atoms with van der Waals surface area (Å²) in [4.78, 5) is 8.29. The van der Waals surface area contributed by atoms with Gasteiger partial charge in [-0.05, 0) is 17.7 Å². The fourth-order valence-corrected chi connectivity index (χ4v) is 3.14. The largest absolute Gasteiger partial charge is 0.467 e. The van der Waals surface area contributed by atoms with E-state index in [4.69, 9.17) is 8.83 Å². The molecular weight excluding hydrogens is 354 g/mol. The summed E-state index contributed by atoms with van der Waals surface area (Å²) in [5, 5.41) is 3.46. The minimum absolute atomic E-state index is 0.209. The summed E-state index contributed by atoms with van der Waals surface area (Å²) in [6, 6.07) is 13.2. The Hall–Kier alpha value is -3.13. The van der Waals surface area contributed by atoms with Crippen LogP contribution in [0.1, 0.15) is 5.76 Å². The number of fused-ring (bicyclic) bond motifs is 1. The summed E-state index contributed by atoms with van der Waals surface area (Å²) in [5.74, 6) is 1.07. The standard InChI is InChI=1S/C18H15N3O4S/c1-26(22,23)18-20-16(19-10-13-8-5-9-24-13)15-14(11-25-17(15)21-18)12-6-3-2-4-7-12/h2-9,11H,10H2,1H3,(H,19,20,21). The Balaban J connectivity index is 1.88. The number of aromatic nitrogens is 2. The van der Waals surface area contributed by atoms with Crippen LogP contribution >= 0.6 is 0 Å². The lowest BCUT2D eigenvalue weighted by atomic mass is 10.1. The zero-order chi connectivity index (χ0) is 18.1. The van der Waals surface area contributed by atoms with Crippen molar-refractivity contribution in [2.24, 2.45) is 0 Å². The van der Waals surface area contributed by atoms with Crippen LogP contribution in [0.25, 0.3) is 22.2 Å². The van der Waals surface area contributed by atoms with Crippen molar-refractivity contribution in [2.45, 2.75) is 11.7 Å². The van der Waals surface area contributed by atoms with E-state index in [0.29, 0.717) is 23.5 Å². The van der Waals surface area contributed by atoms with Crippen LogP contribution < -0.4 is 5.32 Å². The molecule has 0 radical (unpaired) electrons. The van der Waals surface area contributed by atoms with Gasteiger partial charge in [-0.1, -0.05) is 30.3 Å². The summed E-state index contributed by atoms with van der Waals surface area (Å²) >= 11 is 0. The average molecular weight is 369 g/mol. The highest BCUT2D eigenvalue weighted by atomic mass is 32.2. The van der Waals surface area contributed by atoms with Crippen molar-refractivity contribution in [2.75, 3.05) is 11.6 Å². The molecule has 0 atom stereocenters. The van der Waals surface area contributed by atoms with Gasteiger partial charge in [0.2, 0.25) is 15.6 Å². The number of hydrogen-bond donors (Lipinski definition) is 1. The van der Waals surface area contributed by atoms with E-state index in [1.807, 2.05) is 36.4 Å². The maximum absolute atomic E-state index is 11.9. The van der Waals surface area contributed by atoms with E-state index in [-0.39, 0.29) is 10.9 Å². The second-order valence-corrected chi connectivity index (χ2v) is 7.66. The van der Waals surface area contributed by atoms with Crippen molar-refractivity contribution < 1.29 is 17.3 Å². The van der Waals surface area contributed by atoms with Gasteiger partial charge in [0.1, 0.15) is 17.8 Å². The quantitative estimate of drug-likeness (QED) is 0.538. The van der Waals surface area contributed by atoms with Crippen molar-refractivity contribution >= 4 is 26.8 Å². The van der Waals surface area contributed by atoms with Crippen LogP contribution in [0.2, 0.25) is 0 Å². The summed E-state index contributed by atoms with van der Waals surface area (Å²) in [6.45, 7) is 0.349. The predicted octanol–water partition coefficient (Wildman–Crippen LogP) is 3.50. The Kier molecular flexibility index (Phi) is 3.96. The van der Waals surface area contributed by atoms with Gasteiger partial charge in [-0.25, -0.2) is 13.4 Å². The second kappa shape index (κ2) is 6.30. The van der Waals surface area contributed by atoms with E-state index in [0.717, 1.165) is 17.4 Å². The summed E-state index contributed by atoms with van der Waals surface area (Å²) in [6.07, 6.45) is 4.19. The second-order valence-electron chi connectivity index (χ2n) is 5.76. The SMILES string of the molecule is CS(=O)(=O)c1nc(NCc2ccco2)c2c(-c3ccccc3)coc2n1. The van der Waals surface area contributed by atoms with Gasteiger partial charge in [-0.3, -0.25) is 0 Å². The van der Waals surface area contributed by atoms with Crippen LogP contribution in [-0.2, 0) is 16.4 Å². The van der Waals surface area contributed by atoms with Gasteiger partial charge in [-0.15, -0.1) is 0 Å². The van der Waals surface area contributed by atoms with E-state index in [9.17, 15) is 8.42 Å². The lowest BCUT2D eigenvalue weighted by molar-refractivity contribution is 0.517. The molecular formula is C18H15N3O4S. The van der Waals surface area contributed by atoms with Crippen molar-refractivity contribution in [3.05, 3.63) is 60.8 Å². The van der Waals surface area contributed by atoms with Crippen LogP contribution in [0.4, 0.5) is 5.82 Å². The molecule has 1 aromatic carbocycles. The molecule has 0 aliphatic carbocycles. The highest BCUT2D eigenvalue weighted by Crippen LogP contribution is 2.34. The first-order chi connectivity index (χ1) is 12.5. The van der Waals surface area contributed by atoms with Crippen molar-refractivity contribution in [1.82, 2.24) is 9.97 Å². The lowest BCUT2D eigenvalue weighted by Crippen LogP contribution is -2.08. The van der Waals surface area contributed by atoms with Gasteiger partial charge < -0.3 is 14.2 Å². The molecule has 4 aromatic rings. The summed E-state index contributed by atoms with van der Waals surface area (Å²) in [5.41, 5.74) is 1.91. The molecule has 0 spiro atoms. The number of nitrogens with zero attached hydrogens (tertiary/aromatic N) is 2. The Labute approximate surface area is 149 Å². The first kappa shape index (κ1) is 16.3. The van der Waals surface area contributed by atoms with E-state index in [2.05, 4.69) is 15.3 Å². The molecule has 0 aliphatic rings. The van der Waals surface area contributed by atoms with Crippen LogP contribution in [0.5, 0.6) is 0 Å². The third kappa shape index (κ3) is 3.06. The number of anilines is 1. The molecule has 4 rings (SSSR count). The fourth-order valence-electron chi connectivity index (χ4n) is 2.63. The Morgan fingerprint density at radius 1 is 1.04 bits per heavy atom. The minimum Gasteiger partial charge on any atom is -0.467 e. The molecule has 132 valence electrons. The van der Waals surface area contributed by atoms with E-state index < -0.39 is 9.84 Å². The molecule has 7 nitrogen and oxygen atoms in total. The Bertz CT molecular complexity index is 1150. The number of benzene rings is 1. The van der Waals surface area contributed by atoms with Gasteiger partial charge in [-0.2, -0.15) is 4.98 Å². The lowest BCUT2D eigenvalue weighted by Gasteiger charge is -2.08. The smallest absolute Gasteiger partial charge is 0.252 e. The number of sulfone groups is 1. The van der Waals surface area contributed by atoms with E-state index in [1.54, 1.807) is 18.6 Å². The van der Waals surface area contributed by atoms with Crippen LogP contribution in [0, 0.1) is 0 Å². The molecule has 3 aromatic heterocycles. The molecule has 0 saturated heterocycles. The van der Waals surface area contributed by atoms with Crippen molar-refractivity contribution in [1.29, 1.82) is 0 Å². The van der Waals surface area contributed by atoms with Crippen LogP contribution in [0.15, 0.2) is 69.0 Å². The molecule has 0 fully saturated rings. The Morgan fingerprint density at radius 3 is 2.54 bits per heavy atom. The predicted molar refractivity (Wildman–Crippen MR) is 96.4 cm³/mol. The highest BCUT2D eigenvalue weighted by molar-refractivity contribution is 7.90. The molecule has 26 heavy (non-hydrogen) atoms. The minimum atomic E-state index is -3.59. The Morgan fingerprint density at radius 2 is 1.85 bits per heavy atom. The van der Waals surface area contributed by atoms with Gasteiger partial charge in [0.05, 0.1) is 18.2 Å². The van der Waals surface area contributed by atoms with E-state index >= 15 is 0 Å². The van der Waals surface area contributed by atoms with Gasteiger partial charge in [0, 0.05) is 11.8 Å². The zero-order valence-electron chi connectivity index (χ0n) is 13.8. The third-order valence-electron chi connectivity index (χ3n) is 3.84. The zero-order valence-corrected chi connectivity index (χ0v) is 14.7. The topological polar surface area (TPSA) is 98.2 Å². The molecule has 0 unspecified atom stereocenters. The number of hydrogen-bond acceptors (Lipinski definition) is 7. The molecule has 1 N–H and O–H groups in total. The normalized spacial score (nSPS) is 11.7. The molecule has 8 heteroatoms. The molecule has 0 saturated carbocycles. The van der Waals surface area contributed by atoms with Crippen LogP contribution in [0.3, 0.4) is 0 Å². The maximum Gasteiger partial charge on any atom is 0.252 e. The monoisotopic (exact) mass is 369 g/mol. The van der Waals surface area contributed by atoms with Crippen LogP contribution in [-0.4, -0.2) is 24.6 Å². The first-order valence-corrected chi connectivity index (χ1v) is 9.72. The number of furan rings is 2. The fraction of sp³-hybridized carbons (Fsp3) is 0.111. The number of nitrogens with one attached hydrogen (secondary N) is 1. The number of rotatable bonds is 5. The first-order valence-electron chi connectivity index (χ1n) is 7.83.